The number of hydrogen-bond donors (Lipinski definition) is 1. The van der Waals surface area contributed by atoms with Crippen LogP contribution in [-0.2, 0) is 24.3 Å². The largest absolute Gasteiger partial charge is 0.497 e. The number of nitrogens with one attached hydrogen (secondary N) is 1. The van der Waals surface area contributed by atoms with E-state index >= 15 is 0 Å². The highest BCUT2D eigenvalue weighted by molar-refractivity contribution is 5.85. The second-order valence-corrected chi connectivity index (χ2v) is 9.53. The van der Waals surface area contributed by atoms with Crippen LogP contribution >= 0.6 is 0 Å². The van der Waals surface area contributed by atoms with Gasteiger partial charge in [-0.15, -0.1) is 0 Å². The van der Waals surface area contributed by atoms with Crippen LogP contribution in [0.2, 0.25) is 0 Å². The maximum absolute atomic E-state index is 13.1. The second kappa shape index (κ2) is 9.60. The average molecular weight is 446 g/mol. The van der Waals surface area contributed by atoms with E-state index in [-0.39, 0.29) is 17.9 Å². The van der Waals surface area contributed by atoms with Crippen molar-refractivity contribution in [2.45, 2.75) is 58.2 Å². The lowest BCUT2D eigenvalue weighted by atomic mass is 9.87. The van der Waals surface area contributed by atoms with E-state index in [2.05, 4.69) is 64.3 Å². The van der Waals surface area contributed by atoms with Crippen LogP contribution < -0.4 is 10.1 Å². The van der Waals surface area contributed by atoms with Gasteiger partial charge in [-0.2, -0.15) is 0 Å². The number of benzene rings is 2. The summed E-state index contributed by atoms with van der Waals surface area (Å²) in [5, 5.41) is 4.65. The molecule has 33 heavy (non-hydrogen) atoms. The number of rotatable bonds is 6. The molecule has 2 heterocycles. The maximum atomic E-state index is 13.1. The molecule has 1 saturated heterocycles. The van der Waals surface area contributed by atoms with Crippen molar-refractivity contribution in [2.24, 2.45) is 5.92 Å². The number of carbonyl (C=O) groups excluding carboxylic acids is 1. The number of ether oxygens (including phenoxy) is 1. The van der Waals surface area contributed by atoms with Crippen molar-refractivity contribution in [3.8, 4) is 5.75 Å². The Morgan fingerprint density at radius 3 is 2.73 bits per heavy atom. The Bertz CT molecular complexity index is 1130. The van der Waals surface area contributed by atoms with Gasteiger partial charge in [0, 0.05) is 36.1 Å². The summed E-state index contributed by atoms with van der Waals surface area (Å²) in [6, 6.07) is 15.1. The third-order valence-corrected chi connectivity index (χ3v) is 7.55. The molecule has 174 valence electrons. The number of nitrogens with zero attached hydrogens (tertiary/aromatic N) is 2. The molecular formula is C28H35N3O2. The first-order chi connectivity index (χ1) is 16.2. The Morgan fingerprint density at radius 1 is 1.12 bits per heavy atom. The summed E-state index contributed by atoms with van der Waals surface area (Å²) in [4.78, 5) is 15.6. The molecule has 1 aliphatic carbocycles. The molecule has 5 nitrogen and oxygen atoms in total. The highest BCUT2D eigenvalue weighted by atomic mass is 16.5. The first-order valence-electron chi connectivity index (χ1n) is 12.4. The Hall–Kier alpha value is -2.79. The van der Waals surface area contributed by atoms with Crippen LogP contribution in [0.5, 0.6) is 5.75 Å². The maximum Gasteiger partial charge on any atom is 0.223 e. The van der Waals surface area contributed by atoms with Gasteiger partial charge in [-0.25, -0.2) is 0 Å². The van der Waals surface area contributed by atoms with Gasteiger partial charge >= 0.3 is 0 Å². The second-order valence-electron chi connectivity index (χ2n) is 9.53. The lowest BCUT2D eigenvalue weighted by molar-refractivity contribution is -0.127. The van der Waals surface area contributed by atoms with Crippen LogP contribution in [0.15, 0.2) is 48.7 Å². The number of fused-ring (bicyclic) bond motifs is 2. The topological polar surface area (TPSA) is 46.5 Å². The molecule has 1 N–H and O–H groups in total. The molecule has 2 aromatic carbocycles. The van der Waals surface area contributed by atoms with Crippen LogP contribution in [0.3, 0.4) is 0 Å². The Labute approximate surface area is 196 Å². The first-order valence-corrected chi connectivity index (χ1v) is 12.4. The van der Waals surface area contributed by atoms with Crippen molar-refractivity contribution in [1.82, 2.24) is 14.8 Å². The van der Waals surface area contributed by atoms with Crippen molar-refractivity contribution < 1.29 is 9.53 Å². The third-order valence-electron chi connectivity index (χ3n) is 7.55. The number of piperidine rings is 1. The number of likely N-dealkylation sites (tertiary alicyclic amines) is 1. The molecule has 5 rings (SSSR count). The fourth-order valence-corrected chi connectivity index (χ4v) is 5.65. The molecule has 1 aliphatic heterocycles. The van der Waals surface area contributed by atoms with E-state index in [1.165, 1.54) is 27.6 Å². The minimum absolute atomic E-state index is 0.118. The van der Waals surface area contributed by atoms with Gasteiger partial charge in [-0.1, -0.05) is 24.3 Å². The SMILES string of the molecule is CCn1cc(CN2CCC(C(=O)N[C@@H]3CCCc4ccccc43)CC2)c2cc(OC)ccc21. The van der Waals surface area contributed by atoms with Gasteiger partial charge < -0.3 is 14.6 Å². The van der Waals surface area contributed by atoms with Crippen molar-refractivity contribution >= 4 is 16.8 Å². The van der Waals surface area contributed by atoms with Gasteiger partial charge in [0.1, 0.15) is 5.75 Å². The molecule has 0 unspecified atom stereocenters. The normalized spacial score (nSPS) is 19.4. The number of aromatic nitrogens is 1. The Balaban J connectivity index is 1.21. The fourth-order valence-electron chi connectivity index (χ4n) is 5.65. The van der Waals surface area contributed by atoms with Crippen LogP contribution in [0, 0.1) is 5.92 Å². The Morgan fingerprint density at radius 2 is 1.94 bits per heavy atom. The predicted molar refractivity (Wildman–Crippen MR) is 132 cm³/mol. The van der Waals surface area contributed by atoms with E-state index in [0.29, 0.717) is 0 Å². The van der Waals surface area contributed by atoms with E-state index in [9.17, 15) is 4.79 Å². The number of hydrogen-bond acceptors (Lipinski definition) is 3. The molecule has 1 aromatic heterocycles. The van der Waals surface area contributed by atoms with Crippen molar-refractivity contribution in [3.63, 3.8) is 0 Å². The monoisotopic (exact) mass is 445 g/mol. The van der Waals surface area contributed by atoms with E-state index in [1.54, 1.807) is 7.11 Å². The van der Waals surface area contributed by atoms with Gasteiger partial charge in [0.05, 0.1) is 13.2 Å². The van der Waals surface area contributed by atoms with E-state index in [4.69, 9.17) is 4.74 Å². The summed E-state index contributed by atoms with van der Waals surface area (Å²) in [5.74, 6) is 1.26. The zero-order valence-electron chi connectivity index (χ0n) is 19.8. The molecule has 0 radical (unpaired) electrons. The molecule has 2 aliphatic rings. The number of carbonyl (C=O) groups is 1. The average Bonchev–Trinajstić information content (AvgIpc) is 3.21. The highest BCUT2D eigenvalue weighted by Gasteiger charge is 2.29. The molecular weight excluding hydrogens is 410 g/mol. The molecule has 1 atom stereocenters. The standard InChI is InChI=1S/C28H35N3O2/c1-3-31-19-22(25-17-23(33-2)11-12-27(25)31)18-30-15-13-21(14-16-30)28(32)29-26-10-6-8-20-7-4-5-9-24(20)26/h4-5,7,9,11-12,17,19,21,26H,3,6,8,10,13-16,18H2,1-2H3,(H,29,32)/t26-/m1/s1. The van der Waals surface area contributed by atoms with Crippen molar-refractivity contribution in [3.05, 3.63) is 65.4 Å². The van der Waals surface area contributed by atoms with Crippen LogP contribution in [0.4, 0.5) is 0 Å². The molecule has 1 amide bonds. The number of methoxy groups -OCH3 is 1. The minimum Gasteiger partial charge on any atom is -0.497 e. The van der Waals surface area contributed by atoms with Crippen molar-refractivity contribution in [2.75, 3.05) is 20.2 Å². The van der Waals surface area contributed by atoms with Crippen LogP contribution in [0.1, 0.15) is 55.3 Å². The van der Waals surface area contributed by atoms with E-state index in [0.717, 1.165) is 64.0 Å². The molecule has 5 heteroatoms. The lowest BCUT2D eigenvalue weighted by Crippen LogP contribution is -2.41. The van der Waals surface area contributed by atoms with Crippen LogP contribution in [0.25, 0.3) is 10.9 Å². The zero-order valence-corrected chi connectivity index (χ0v) is 19.8. The summed E-state index contributed by atoms with van der Waals surface area (Å²) >= 11 is 0. The Kier molecular flexibility index (Phi) is 6.41. The van der Waals surface area contributed by atoms with Gasteiger partial charge in [0.15, 0.2) is 0 Å². The summed E-state index contributed by atoms with van der Waals surface area (Å²) in [7, 11) is 1.72. The quantitative estimate of drug-likeness (QED) is 0.576. The number of amides is 1. The number of aryl methyl sites for hydroxylation is 2. The third kappa shape index (κ3) is 4.51. The highest BCUT2D eigenvalue weighted by Crippen LogP contribution is 2.31. The molecule has 3 aromatic rings. The molecule has 0 saturated carbocycles. The molecule has 1 fully saturated rings. The summed E-state index contributed by atoms with van der Waals surface area (Å²) in [6.45, 7) is 5.98. The summed E-state index contributed by atoms with van der Waals surface area (Å²) in [5.41, 5.74) is 5.31. The predicted octanol–water partition coefficient (Wildman–Crippen LogP) is 5.08. The summed E-state index contributed by atoms with van der Waals surface area (Å²) < 4.78 is 7.78. The van der Waals surface area contributed by atoms with E-state index in [1.807, 2.05) is 6.07 Å². The first kappa shape index (κ1) is 22.0. The van der Waals surface area contributed by atoms with Crippen molar-refractivity contribution in [1.29, 1.82) is 0 Å². The van der Waals surface area contributed by atoms with E-state index < -0.39 is 0 Å². The lowest BCUT2D eigenvalue weighted by Gasteiger charge is -2.33. The van der Waals surface area contributed by atoms with Gasteiger partial charge in [0.2, 0.25) is 5.91 Å². The summed E-state index contributed by atoms with van der Waals surface area (Å²) in [6.07, 6.45) is 7.46. The smallest absolute Gasteiger partial charge is 0.223 e. The molecule has 0 spiro atoms. The fraction of sp³-hybridized carbons (Fsp3) is 0.464. The van der Waals surface area contributed by atoms with Gasteiger partial charge in [-0.3, -0.25) is 9.69 Å². The van der Waals surface area contributed by atoms with Crippen LogP contribution in [-0.4, -0.2) is 35.6 Å². The minimum atomic E-state index is 0.118. The van der Waals surface area contributed by atoms with Gasteiger partial charge in [0.25, 0.3) is 0 Å². The van der Waals surface area contributed by atoms with Gasteiger partial charge in [-0.05, 0) is 87.0 Å². The zero-order chi connectivity index (χ0) is 22.8. The molecule has 0 bridgehead atoms.